The van der Waals surface area contributed by atoms with Crippen LogP contribution in [0.1, 0.15) is 47.7 Å². The molecule has 106 valence electrons. The number of ketones is 1. The van der Waals surface area contributed by atoms with Crippen LogP contribution < -0.4 is 5.32 Å². The van der Waals surface area contributed by atoms with Crippen LogP contribution in [0.4, 0.5) is 5.69 Å². The summed E-state index contributed by atoms with van der Waals surface area (Å²) in [6.45, 7) is 1.69. The van der Waals surface area contributed by atoms with Crippen LogP contribution in [0.5, 0.6) is 0 Å². The van der Waals surface area contributed by atoms with Gasteiger partial charge in [-0.15, -0.1) is 0 Å². The van der Waals surface area contributed by atoms with E-state index in [1.165, 1.54) is 16.8 Å². The Morgan fingerprint density at radius 1 is 1.24 bits per heavy atom. The molecule has 0 radical (unpaired) electrons. The first-order valence-electron chi connectivity index (χ1n) is 7.48. The number of allylic oxidation sites excluding steroid dienone is 1. The van der Waals surface area contributed by atoms with Gasteiger partial charge in [-0.2, -0.15) is 0 Å². The van der Waals surface area contributed by atoms with Gasteiger partial charge in [0.25, 0.3) is 0 Å². The lowest BCUT2D eigenvalue weighted by atomic mass is 9.85. The number of benzene rings is 1. The number of carbonyl (C=O) groups excluding carboxylic acids is 1. The molecule has 4 rings (SSSR count). The maximum atomic E-state index is 12.2. The Bertz CT molecular complexity index is 741. The lowest BCUT2D eigenvalue weighted by molar-refractivity contribution is -0.118. The highest BCUT2D eigenvalue weighted by molar-refractivity contribution is 5.89. The van der Waals surface area contributed by atoms with E-state index >= 15 is 0 Å². The Balaban J connectivity index is 1.81. The van der Waals surface area contributed by atoms with Crippen molar-refractivity contribution in [2.75, 3.05) is 5.32 Å². The van der Waals surface area contributed by atoms with Crippen LogP contribution in [-0.2, 0) is 11.2 Å². The molecule has 2 aliphatic rings. The smallest absolute Gasteiger partial charge is 0.139 e. The van der Waals surface area contributed by atoms with E-state index in [1.807, 2.05) is 12.1 Å². The number of anilines is 1. The molecule has 1 aliphatic heterocycles. The monoisotopic (exact) mass is 278 g/mol. The number of carbonyl (C=O) groups is 1. The van der Waals surface area contributed by atoms with Crippen molar-refractivity contribution >= 4 is 17.5 Å². The van der Waals surface area contributed by atoms with E-state index in [4.69, 9.17) is 0 Å². The lowest BCUT2D eigenvalue weighted by Gasteiger charge is -2.20. The van der Waals surface area contributed by atoms with Crippen LogP contribution in [0.2, 0.25) is 0 Å². The predicted octanol–water partition coefficient (Wildman–Crippen LogP) is 3.81. The van der Waals surface area contributed by atoms with Gasteiger partial charge in [0.2, 0.25) is 0 Å². The van der Waals surface area contributed by atoms with Crippen molar-refractivity contribution in [1.82, 2.24) is 4.98 Å². The van der Waals surface area contributed by atoms with E-state index in [0.29, 0.717) is 0 Å². The summed E-state index contributed by atoms with van der Waals surface area (Å²) < 4.78 is 0. The number of nitrogens with one attached hydrogen (secondary N) is 2. The van der Waals surface area contributed by atoms with Gasteiger partial charge in [0, 0.05) is 17.6 Å². The summed E-state index contributed by atoms with van der Waals surface area (Å²) in [5, 5.41) is 3.55. The average molecular weight is 278 g/mol. The van der Waals surface area contributed by atoms with Crippen molar-refractivity contribution in [3.63, 3.8) is 0 Å². The molecule has 2 N–H and O–H groups in total. The Kier molecular flexibility index (Phi) is 2.74. The second kappa shape index (κ2) is 4.62. The Labute approximate surface area is 124 Å². The van der Waals surface area contributed by atoms with Crippen molar-refractivity contribution in [3.8, 4) is 0 Å². The number of hydrogen-bond donors (Lipinski definition) is 2. The molecule has 0 spiro atoms. The molecule has 0 amide bonds. The number of aromatic nitrogens is 1. The van der Waals surface area contributed by atoms with Crippen molar-refractivity contribution in [2.45, 2.75) is 31.7 Å². The molecule has 21 heavy (non-hydrogen) atoms. The fourth-order valence-electron chi connectivity index (χ4n) is 3.66. The summed E-state index contributed by atoms with van der Waals surface area (Å²) in [6, 6.07) is 8.19. The number of para-hydroxylation sites is 1. The maximum absolute atomic E-state index is 12.2. The normalized spacial score (nSPS) is 22.5. The molecule has 3 nitrogen and oxygen atoms in total. The zero-order valence-corrected chi connectivity index (χ0v) is 12.0. The fourth-order valence-corrected chi connectivity index (χ4v) is 3.66. The first kappa shape index (κ1) is 12.5. The van der Waals surface area contributed by atoms with Crippen molar-refractivity contribution in [3.05, 3.63) is 58.9 Å². The fraction of sp³-hybridized carbons (Fsp3) is 0.278. The summed E-state index contributed by atoms with van der Waals surface area (Å²) in [5.74, 6) is 0.130. The lowest BCUT2D eigenvalue weighted by Crippen LogP contribution is -2.18. The number of Topliss-reactive ketones (excluding diaryl/α,β-unsaturated/α-hetero) is 1. The van der Waals surface area contributed by atoms with E-state index < -0.39 is 0 Å². The van der Waals surface area contributed by atoms with Crippen LogP contribution in [-0.4, -0.2) is 10.8 Å². The van der Waals surface area contributed by atoms with E-state index in [-0.39, 0.29) is 17.7 Å². The molecule has 2 heterocycles. The topological polar surface area (TPSA) is 44.9 Å². The van der Waals surface area contributed by atoms with Crippen LogP contribution >= 0.6 is 0 Å². The van der Waals surface area contributed by atoms with Gasteiger partial charge in [0.05, 0.1) is 12.0 Å². The van der Waals surface area contributed by atoms with Crippen molar-refractivity contribution in [2.24, 2.45) is 0 Å². The molecule has 2 atom stereocenters. The van der Waals surface area contributed by atoms with Gasteiger partial charge in [-0.1, -0.05) is 24.3 Å². The number of hydrogen-bond acceptors (Lipinski definition) is 2. The van der Waals surface area contributed by atoms with Gasteiger partial charge in [-0.25, -0.2) is 0 Å². The van der Waals surface area contributed by atoms with E-state index in [2.05, 4.69) is 40.8 Å². The highest BCUT2D eigenvalue weighted by Gasteiger charge is 2.37. The van der Waals surface area contributed by atoms with Crippen molar-refractivity contribution in [1.29, 1.82) is 0 Å². The third-order valence-electron chi connectivity index (χ3n) is 4.62. The second-order valence-corrected chi connectivity index (χ2v) is 5.87. The van der Waals surface area contributed by atoms with Gasteiger partial charge < -0.3 is 10.3 Å². The predicted molar refractivity (Wildman–Crippen MR) is 84.4 cm³/mol. The zero-order valence-electron chi connectivity index (χ0n) is 12.0. The highest BCUT2D eigenvalue weighted by Crippen LogP contribution is 2.46. The van der Waals surface area contributed by atoms with Crippen LogP contribution in [0.25, 0.3) is 6.08 Å². The minimum Gasteiger partial charge on any atom is -0.377 e. The Hall–Kier alpha value is -2.29. The van der Waals surface area contributed by atoms with Crippen LogP contribution in [0.15, 0.2) is 36.5 Å². The minimum atomic E-state index is -0.0907. The summed E-state index contributed by atoms with van der Waals surface area (Å²) in [7, 11) is 0. The summed E-state index contributed by atoms with van der Waals surface area (Å²) in [4.78, 5) is 15.6. The van der Waals surface area contributed by atoms with Gasteiger partial charge >= 0.3 is 0 Å². The van der Waals surface area contributed by atoms with E-state index in [0.717, 1.165) is 24.1 Å². The third-order valence-corrected chi connectivity index (χ3v) is 4.62. The first-order chi connectivity index (χ1) is 10.3. The Morgan fingerprint density at radius 3 is 2.95 bits per heavy atom. The maximum Gasteiger partial charge on any atom is 0.139 e. The summed E-state index contributed by atoms with van der Waals surface area (Å²) >= 11 is 0. The van der Waals surface area contributed by atoms with Crippen LogP contribution in [0.3, 0.4) is 0 Å². The molecule has 0 saturated heterocycles. The number of aromatic amines is 1. The standard InChI is InChI=1S/C18H18N2O/c1-11(21)17-13-7-3-5-9-16(13)20-18(17)14-10-19-15-8-4-2-6-12(14)15/h3-5,7-10,17-20H,2,6H2,1H3. The third kappa shape index (κ3) is 1.84. The molecule has 1 aromatic heterocycles. The molecule has 1 aliphatic carbocycles. The molecule has 0 bridgehead atoms. The summed E-state index contributed by atoms with van der Waals surface area (Å²) in [5.41, 5.74) is 6.00. The molecule has 1 aromatic carbocycles. The largest absolute Gasteiger partial charge is 0.377 e. The van der Waals surface area contributed by atoms with E-state index in [1.54, 1.807) is 6.92 Å². The molecule has 0 fully saturated rings. The van der Waals surface area contributed by atoms with Gasteiger partial charge in [0.1, 0.15) is 5.78 Å². The van der Waals surface area contributed by atoms with Gasteiger partial charge in [0.15, 0.2) is 0 Å². The van der Waals surface area contributed by atoms with Crippen molar-refractivity contribution < 1.29 is 4.79 Å². The highest BCUT2D eigenvalue weighted by atomic mass is 16.1. The van der Waals surface area contributed by atoms with Crippen LogP contribution in [0, 0.1) is 0 Å². The van der Waals surface area contributed by atoms with Gasteiger partial charge in [-0.3, -0.25) is 4.79 Å². The molecule has 3 heteroatoms. The Morgan fingerprint density at radius 2 is 2.10 bits per heavy atom. The molecule has 0 saturated carbocycles. The number of H-pyrrole nitrogens is 1. The first-order valence-corrected chi connectivity index (χ1v) is 7.48. The van der Waals surface area contributed by atoms with E-state index in [9.17, 15) is 4.79 Å². The SMILES string of the molecule is CC(=O)C1c2ccccc2NC1c1c[nH]c2c1CCC=C2. The zero-order chi connectivity index (χ0) is 14.4. The molecular formula is C18H18N2O. The minimum absolute atomic E-state index is 0.0476. The second-order valence-electron chi connectivity index (χ2n) is 5.87. The molecule has 2 aromatic rings. The summed E-state index contributed by atoms with van der Waals surface area (Å²) in [6.07, 6.45) is 8.53. The number of fused-ring (bicyclic) bond motifs is 2. The quantitative estimate of drug-likeness (QED) is 0.877. The molecule has 2 unspecified atom stereocenters. The number of rotatable bonds is 2. The average Bonchev–Trinajstić information content (AvgIpc) is 3.08. The molecular weight excluding hydrogens is 260 g/mol. The van der Waals surface area contributed by atoms with Gasteiger partial charge in [-0.05, 0) is 48.6 Å².